The number of carboxylic acid groups (broad SMARTS) is 4. The van der Waals surface area contributed by atoms with E-state index in [9.17, 15) is 0 Å². The fourth-order valence-corrected chi connectivity index (χ4v) is 4.95. The molecule has 0 aromatic heterocycles. The Balaban J connectivity index is 0.000000485. The molecule has 0 spiro atoms. The molecule has 0 saturated carbocycles. The average Bonchev–Trinajstić information content (AvgIpc) is 3.12. The first-order valence-corrected chi connectivity index (χ1v) is 16.0. The molecule has 0 radical (unpaired) electrons. The van der Waals surface area contributed by atoms with Crippen molar-refractivity contribution in [3.8, 4) is 0 Å². The fraction of sp³-hybridized carbons (Fsp3) is 0.211. The molecule has 0 saturated heterocycles. The van der Waals surface area contributed by atoms with E-state index < -0.39 is 23.9 Å². The minimum absolute atomic E-state index is 0.900. The van der Waals surface area contributed by atoms with Crippen molar-refractivity contribution < 1.29 is 39.6 Å². The van der Waals surface area contributed by atoms with Crippen LogP contribution in [-0.4, -0.2) is 70.5 Å². The van der Waals surface area contributed by atoms with E-state index in [2.05, 4.69) is 130 Å². The topological polar surface area (TPSA) is 197 Å². The van der Waals surface area contributed by atoms with Crippen molar-refractivity contribution >= 4 is 56.8 Å². The summed E-state index contributed by atoms with van der Waals surface area (Å²) in [5.41, 5.74) is 5.10. The second-order valence-electron chi connectivity index (χ2n) is 11.0. The molecule has 5 aromatic rings. The molecule has 0 bridgehead atoms. The van der Waals surface area contributed by atoms with Gasteiger partial charge < -0.3 is 41.7 Å². The molecular weight excluding hydrogens is 640 g/mol. The van der Waals surface area contributed by atoms with Crippen molar-refractivity contribution in [3.63, 3.8) is 0 Å². The van der Waals surface area contributed by atoms with Crippen molar-refractivity contribution in [2.24, 2.45) is 0 Å². The van der Waals surface area contributed by atoms with Crippen LogP contribution in [-0.2, 0) is 32.3 Å². The molecule has 0 heterocycles. The van der Waals surface area contributed by atoms with E-state index >= 15 is 0 Å². The van der Waals surface area contributed by atoms with Crippen LogP contribution in [0, 0.1) is 0 Å². The molecule has 0 atom stereocenters. The first kappa shape index (κ1) is 38.5. The molecule has 8 N–H and O–H groups in total. The zero-order valence-corrected chi connectivity index (χ0v) is 27.5. The van der Waals surface area contributed by atoms with Crippen LogP contribution in [0.25, 0.3) is 21.5 Å². The molecule has 0 aliphatic heterocycles. The van der Waals surface area contributed by atoms with Crippen LogP contribution < -0.4 is 21.3 Å². The van der Waals surface area contributed by atoms with E-state index in [4.69, 9.17) is 39.6 Å². The first-order chi connectivity index (χ1) is 24.2. The lowest BCUT2D eigenvalue weighted by Crippen LogP contribution is -2.19. The lowest BCUT2D eigenvalue weighted by atomic mass is 10.1. The van der Waals surface area contributed by atoms with Gasteiger partial charge in [-0.25, -0.2) is 19.2 Å². The van der Waals surface area contributed by atoms with Gasteiger partial charge in [-0.1, -0.05) is 97.1 Å². The first-order valence-electron chi connectivity index (χ1n) is 16.0. The SMILES string of the molecule is O=C(O)C(=O)O.O=C(O)C(=O)O.c1cc(CNCCCNc2cccc3ccccc23)cc(CNCCCNc2cccc3ccccc23)c1. The summed E-state index contributed by atoms with van der Waals surface area (Å²) in [6.45, 7) is 5.70. The van der Waals surface area contributed by atoms with Gasteiger partial charge in [-0.3, -0.25) is 0 Å². The van der Waals surface area contributed by atoms with E-state index in [-0.39, 0.29) is 0 Å². The van der Waals surface area contributed by atoms with Crippen molar-refractivity contribution in [2.75, 3.05) is 36.8 Å². The monoisotopic (exact) mass is 682 g/mol. The molecule has 0 aliphatic carbocycles. The van der Waals surface area contributed by atoms with Gasteiger partial charge in [0.2, 0.25) is 0 Å². The zero-order chi connectivity index (χ0) is 36.1. The highest BCUT2D eigenvalue weighted by Gasteiger charge is 2.05. The minimum atomic E-state index is -1.82. The Bertz CT molecular complexity index is 1700. The standard InChI is InChI=1S/C34H38N4.2C2H2O4/c1-3-16-31-29(12-1)14-6-18-33(31)37-22-8-20-35-25-27-10-5-11-28(24-27)26-36-21-9-23-38-34-19-7-15-30-13-2-4-17-32(30)34;2*3-1(4)2(5)6/h1-7,10-19,24,35-38H,8-9,20-23,25-26H2;2*(H,3,4)(H,5,6). The van der Waals surface area contributed by atoms with Crippen molar-refractivity contribution in [1.29, 1.82) is 0 Å². The molecule has 0 amide bonds. The van der Waals surface area contributed by atoms with Crippen LogP contribution in [0.4, 0.5) is 11.4 Å². The van der Waals surface area contributed by atoms with E-state index in [0.29, 0.717) is 0 Å². The summed E-state index contributed by atoms with van der Waals surface area (Å²) in [7, 11) is 0. The Hall–Kier alpha value is -5.98. The van der Waals surface area contributed by atoms with Crippen LogP contribution in [0.3, 0.4) is 0 Å². The van der Waals surface area contributed by atoms with E-state index in [1.165, 1.54) is 44.0 Å². The maximum atomic E-state index is 9.10. The third kappa shape index (κ3) is 13.6. The lowest BCUT2D eigenvalue weighted by Gasteiger charge is -2.11. The average molecular weight is 683 g/mol. The quantitative estimate of drug-likeness (QED) is 0.0543. The van der Waals surface area contributed by atoms with Crippen molar-refractivity contribution in [1.82, 2.24) is 10.6 Å². The van der Waals surface area contributed by atoms with Gasteiger partial charge in [-0.05, 0) is 60.0 Å². The summed E-state index contributed by atoms with van der Waals surface area (Å²) in [5.74, 6) is -7.30. The molecule has 262 valence electrons. The molecule has 0 fully saturated rings. The zero-order valence-electron chi connectivity index (χ0n) is 27.5. The molecule has 12 heteroatoms. The highest BCUT2D eigenvalue weighted by Crippen LogP contribution is 2.23. The number of anilines is 2. The van der Waals surface area contributed by atoms with Gasteiger partial charge in [0.15, 0.2) is 0 Å². The number of benzene rings is 5. The van der Waals surface area contributed by atoms with Gasteiger partial charge in [0.25, 0.3) is 0 Å². The summed E-state index contributed by atoms with van der Waals surface area (Å²) in [4.78, 5) is 36.4. The number of hydrogen-bond acceptors (Lipinski definition) is 8. The van der Waals surface area contributed by atoms with Crippen molar-refractivity contribution in [3.05, 3.63) is 120 Å². The predicted molar refractivity (Wildman–Crippen MR) is 195 cm³/mol. The van der Waals surface area contributed by atoms with Crippen LogP contribution in [0.1, 0.15) is 24.0 Å². The number of nitrogens with one attached hydrogen (secondary N) is 4. The van der Waals surface area contributed by atoms with Crippen LogP contribution >= 0.6 is 0 Å². The Morgan fingerprint density at radius 3 is 1.20 bits per heavy atom. The Labute approximate surface area is 289 Å². The van der Waals surface area contributed by atoms with Crippen LogP contribution in [0.2, 0.25) is 0 Å². The summed E-state index contributed by atoms with van der Waals surface area (Å²) < 4.78 is 0. The third-order valence-corrected chi connectivity index (χ3v) is 7.29. The number of fused-ring (bicyclic) bond motifs is 2. The maximum absolute atomic E-state index is 9.10. The highest BCUT2D eigenvalue weighted by atomic mass is 16.4. The molecule has 50 heavy (non-hydrogen) atoms. The van der Waals surface area contributed by atoms with Gasteiger partial charge in [0.1, 0.15) is 0 Å². The lowest BCUT2D eigenvalue weighted by molar-refractivity contribution is -0.159. The smallest absolute Gasteiger partial charge is 0.414 e. The number of carboxylic acids is 4. The second-order valence-corrected chi connectivity index (χ2v) is 11.0. The van der Waals surface area contributed by atoms with Gasteiger partial charge >= 0.3 is 23.9 Å². The number of rotatable bonds is 14. The summed E-state index contributed by atoms with van der Waals surface area (Å²) in [5, 5.41) is 49.1. The van der Waals surface area contributed by atoms with Crippen LogP contribution in [0.15, 0.2) is 109 Å². The van der Waals surface area contributed by atoms with E-state index in [0.717, 1.165) is 52.1 Å². The molecule has 5 rings (SSSR count). The van der Waals surface area contributed by atoms with E-state index in [1.807, 2.05) is 0 Å². The highest BCUT2D eigenvalue weighted by molar-refractivity contribution is 6.27. The predicted octanol–water partition coefficient (Wildman–Crippen LogP) is 5.49. The number of aliphatic carboxylic acids is 4. The summed E-state index contributed by atoms with van der Waals surface area (Å²) >= 11 is 0. The van der Waals surface area contributed by atoms with Crippen molar-refractivity contribution in [2.45, 2.75) is 25.9 Å². The fourth-order valence-electron chi connectivity index (χ4n) is 4.95. The molecule has 0 unspecified atom stereocenters. The molecule has 0 aliphatic rings. The molecule has 12 nitrogen and oxygen atoms in total. The molecular formula is C38H42N4O8. The summed E-state index contributed by atoms with van der Waals surface area (Å²) in [6.07, 6.45) is 2.16. The van der Waals surface area contributed by atoms with Gasteiger partial charge in [0.05, 0.1) is 0 Å². The molecule has 5 aromatic carbocycles. The van der Waals surface area contributed by atoms with Gasteiger partial charge in [0, 0.05) is 48.3 Å². The summed E-state index contributed by atoms with van der Waals surface area (Å²) in [6, 6.07) is 38.9. The largest absolute Gasteiger partial charge is 0.473 e. The second kappa shape index (κ2) is 21.1. The van der Waals surface area contributed by atoms with Gasteiger partial charge in [-0.2, -0.15) is 0 Å². The normalized spacial score (nSPS) is 10.2. The number of hydrogen-bond donors (Lipinski definition) is 8. The Morgan fingerprint density at radius 2 is 0.800 bits per heavy atom. The van der Waals surface area contributed by atoms with Crippen LogP contribution in [0.5, 0.6) is 0 Å². The maximum Gasteiger partial charge on any atom is 0.414 e. The number of carbonyl (C=O) groups is 4. The Morgan fingerprint density at radius 1 is 0.440 bits per heavy atom. The minimum Gasteiger partial charge on any atom is -0.473 e. The Kier molecular flexibility index (Phi) is 16.2. The third-order valence-electron chi connectivity index (χ3n) is 7.29. The van der Waals surface area contributed by atoms with Gasteiger partial charge in [-0.15, -0.1) is 0 Å². The van der Waals surface area contributed by atoms with E-state index in [1.54, 1.807) is 0 Å².